The zero-order chi connectivity index (χ0) is 52.0. The summed E-state index contributed by atoms with van der Waals surface area (Å²) in [5.41, 5.74) is 0. The average Bonchev–Trinajstić information content (AvgIpc) is 3.38. The first-order valence-corrected chi connectivity index (χ1v) is 27.6. The molecule has 72 heavy (non-hydrogen) atoms. The second-order valence-electron chi connectivity index (χ2n) is 17.2. The van der Waals surface area contributed by atoms with Crippen LogP contribution in [0, 0.1) is 0 Å². The van der Waals surface area contributed by atoms with Gasteiger partial charge in [-0.05, 0) is 148 Å². The molecule has 1 unspecified atom stereocenters. The summed E-state index contributed by atoms with van der Waals surface area (Å²) >= 11 is 0. The van der Waals surface area contributed by atoms with Gasteiger partial charge in [0.2, 0.25) is 0 Å². The van der Waals surface area contributed by atoms with Gasteiger partial charge in [0, 0.05) is 12.8 Å². The summed E-state index contributed by atoms with van der Waals surface area (Å²) in [4.78, 5) is 24.4. The minimum absolute atomic E-state index is 0.116. The van der Waals surface area contributed by atoms with Gasteiger partial charge in [-0.2, -0.15) is 0 Å². The fourth-order valence-electron chi connectivity index (χ4n) is 6.50. The molecule has 0 aliphatic carbocycles. The Labute approximate surface area is 440 Å². The van der Waals surface area contributed by atoms with E-state index in [-0.39, 0.29) is 31.6 Å². The van der Waals surface area contributed by atoms with Crippen LogP contribution in [-0.2, 0) is 19.1 Å². The Balaban J connectivity index is 3.76. The van der Waals surface area contributed by atoms with Crippen molar-refractivity contribution in [3.8, 4) is 0 Å². The second-order valence-corrected chi connectivity index (χ2v) is 17.2. The number of ether oxygens (including phenoxy) is 2. The molecule has 0 saturated carbocycles. The minimum Gasteiger partial charge on any atom is -0.462 e. The monoisotopic (exact) mass is 983 g/mol. The number of hydrogen-bond acceptors (Lipinski definition) is 5. The molecule has 5 nitrogen and oxygen atoms in total. The number of carbonyl (C=O) groups is 2. The Bertz CT molecular complexity index is 1780. The highest BCUT2D eigenvalue weighted by Gasteiger charge is 2.16. The lowest BCUT2D eigenvalue weighted by atomic mass is 10.1. The number of rotatable bonds is 47. The predicted molar refractivity (Wildman–Crippen MR) is 315 cm³/mol. The molecule has 0 bridgehead atoms. The van der Waals surface area contributed by atoms with Gasteiger partial charge >= 0.3 is 11.9 Å². The van der Waals surface area contributed by atoms with Crippen molar-refractivity contribution >= 4 is 11.9 Å². The Kier molecular flexibility index (Phi) is 55.2. The van der Waals surface area contributed by atoms with Gasteiger partial charge in [-0.25, -0.2) is 0 Å². The van der Waals surface area contributed by atoms with Crippen molar-refractivity contribution in [3.05, 3.63) is 207 Å². The van der Waals surface area contributed by atoms with E-state index in [2.05, 4.69) is 220 Å². The zero-order valence-electron chi connectivity index (χ0n) is 45.1. The van der Waals surface area contributed by atoms with Gasteiger partial charge in [-0.1, -0.05) is 227 Å². The molecule has 0 fully saturated rings. The lowest BCUT2D eigenvalue weighted by Gasteiger charge is -2.15. The third-order valence-corrected chi connectivity index (χ3v) is 10.6. The molecule has 0 aromatic rings. The van der Waals surface area contributed by atoms with E-state index < -0.39 is 6.10 Å². The van der Waals surface area contributed by atoms with Crippen molar-refractivity contribution in [1.82, 2.24) is 0 Å². The van der Waals surface area contributed by atoms with Gasteiger partial charge in [0.1, 0.15) is 6.61 Å². The molecule has 0 rings (SSSR count). The summed E-state index contributed by atoms with van der Waals surface area (Å²) in [5, 5.41) is 9.63. The lowest BCUT2D eigenvalue weighted by Crippen LogP contribution is -2.28. The molecule has 0 aromatic heterocycles. The molecule has 5 heteroatoms. The molecule has 1 N–H and O–H groups in total. The van der Waals surface area contributed by atoms with Gasteiger partial charge in [0.05, 0.1) is 6.61 Å². The third-order valence-electron chi connectivity index (χ3n) is 10.6. The fourth-order valence-corrected chi connectivity index (χ4v) is 6.50. The maximum absolute atomic E-state index is 12.3. The van der Waals surface area contributed by atoms with Crippen molar-refractivity contribution in [1.29, 1.82) is 0 Å². The Hall–Kier alpha value is -5.52. The van der Waals surface area contributed by atoms with Crippen LogP contribution in [0.2, 0.25) is 0 Å². The smallest absolute Gasteiger partial charge is 0.306 e. The lowest BCUT2D eigenvalue weighted by molar-refractivity contribution is -0.161. The van der Waals surface area contributed by atoms with Crippen molar-refractivity contribution in [2.75, 3.05) is 13.2 Å². The molecule has 0 aliphatic heterocycles. The number of esters is 2. The molecule has 0 heterocycles. The van der Waals surface area contributed by atoms with E-state index in [1.54, 1.807) is 0 Å². The summed E-state index contributed by atoms with van der Waals surface area (Å²) in [6.45, 7) is 3.82. The summed E-state index contributed by atoms with van der Waals surface area (Å²) in [5.74, 6) is -0.701. The first-order chi connectivity index (χ1) is 35.6. The van der Waals surface area contributed by atoms with E-state index >= 15 is 0 Å². The molecular formula is C67H98O5. The maximum Gasteiger partial charge on any atom is 0.306 e. The molecule has 0 radical (unpaired) electrons. The number of hydrogen-bond donors (Lipinski definition) is 1. The van der Waals surface area contributed by atoms with Crippen molar-refractivity contribution in [3.63, 3.8) is 0 Å². The number of unbranched alkanes of at least 4 members (excludes halogenated alkanes) is 5. The molecule has 0 spiro atoms. The van der Waals surface area contributed by atoms with E-state index in [4.69, 9.17) is 9.47 Å². The molecule has 0 aromatic carbocycles. The first-order valence-electron chi connectivity index (χ1n) is 27.6. The van der Waals surface area contributed by atoms with Crippen molar-refractivity contribution in [2.24, 2.45) is 0 Å². The van der Waals surface area contributed by atoms with Crippen LogP contribution in [0.25, 0.3) is 0 Å². The predicted octanol–water partition coefficient (Wildman–Crippen LogP) is 19.1. The highest BCUT2D eigenvalue weighted by molar-refractivity contribution is 5.70. The fraction of sp³-hybridized carbons (Fsp3) is 0.463. The van der Waals surface area contributed by atoms with Gasteiger partial charge in [0.15, 0.2) is 6.10 Å². The summed E-state index contributed by atoms with van der Waals surface area (Å²) < 4.78 is 10.6. The third kappa shape index (κ3) is 57.1. The van der Waals surface area contributed by atoms with Crippen LogP contribution < -0.4 is 0 Å². The van der Waals surface area contributed by atoms with E-state index in [0.29, 0.717) is 12.8 Å². The Morgan fingerprint density at radius 2 is 0.556 bits per heavy atom. The molecule has 0 aliphatic rings. The number of aliphatic hydroxyl groups is 1. The van der Waals surface area contributed by atoms with Crippen LogP contribution in [0.3, 0.4) is 0 Å². The largest absolute Gasteiger partial charge is 0.462 e. The molecule has 0 saturated heterocycles. The molecular weight excluding hydrogens is 885 g/mol. The topological polar surface area (TPSA) is 72.8 Å². The average molecular weight is 984 g/mol. The Morgan fingerprint density at radius 3 is 0.833 bits per heavy atom. The SMILES string of the molecule is CC/C=C\C/C=C\C/C=C\C/C=C\C/C=C\C/C=C\C/C=C\C/C=C\C/C=C\C/C=C\C/C=C\C/C=C\CCCCC(=O)OC(CO)COC(=O)CCCCC/C=C\C/C=C\C/C=C\C/C=C\C/C=C\CC. The molecule has 0 amide bonds. The van der Waals surface area contributed by atoms with Gasteiger partial charge in [-0.3, -0.25) is 9.59 Å². The Morgan fingerprint density at radius 1 is 0.319 bits per heavy atom. The van der Waals surface area contributed by atoms with E-state index in [9.17, 15) is 14.7 Å². The molecule has 1 atom stereocenters. The summed E-state index contributed by atoms with van der Waals surface area (Å²) in [7, 11) is 0. The van der Waals surface area contributed by atoms with Gasteiger partial charge in [0.25, 0.3) is 0 Å². The quantitative estimate of drug-likeness (QED) is 0.0374. The normalized spacial score (nSPS) is 13.9. The van der Waals surface area contributed by atoms with E-state index in [0.717, 1.165) is 148 Å². The highest BCUT2D eigenvalue weighted by Crippen LogP contribution is 2.09. The van der Waals surface area contributed by atoms with Crippen LogP contribution in [0.15, 0.2) is 207 Å². The number of allylic oxidation sites excluding steroid dienone is 34. The van der Waals surface area contributed by atoms with E-state index in [1.165, 1.54) is 0 Å². The summed E-state index contributed by atoms with van der Waals surface area (Å²) in [6.07, 6.45) is 97.9. The minimum atomic E-state index is -0.827. The van der Waals surface area contributed by atoms with Crippen LogP contribution in [0.5, 0.6) is 0 Å². The van der Waals surface area contributed by atoms with Gasteiger partial charge < -0.3 is 14.6 Å². The first kappa shape index (κ1) is 66.5. The highest BCUT2D eigenvalue weighted by atomic mass is 16.6. The molecule has 396 valence electrons. The second kappa shape index (κ2) is 59.8. The van der Waals surface area contributed by atoms with Crippen LogP contribution in [-0.4, -0.2) is 36.4 Å². The van der Waals surface area contributed by atoms with Crippen LogP contribution in [0.4, 0.5) is 0 Å². The van der Waals surface area contributed by atoms with Crippen LogP contribution >= 0.6 is 0 Å². The van der Waals surface area contributed by atoms with Crippen molar-refractivity contribution < 1.29 is 24.2 Å². The number of carbonyl (C=O) groups excluding carboxylic acids is 2. The van der Waals surface area contributed by atoms with Gasteiger partial charge in [-0.15, -0.1) is 0 Å². The van der Waals surface area contributed by atoms with E-state index in [1.807, 2.05) is 0 Å². The number of aliphatic hydroxyl groups excluding tert-OH is 1. The zero-order valence-corrected chi connectivity index (χ0v) is 45.1. The maximum atomic E-state index is 12.3. The summed E-state index contributed by atoms with van der Waals surface area (Å²) in [6, 6.07) is 0. The van der Waals surface area contributed by atoms with Crippen LogP contribution in [0.1, 0.15) is 181 Å². The standard InChI is InChI=1S/C67H98O5/c1-3-5-7-9-11-13-15-17-19-21-23-24-25-26-27-28-29-30-31-32-33-34-35-36-37-38-39-40-41-42-44-46-48-50-52-54-56-58-60-62-67(70)72-65(63-68)64-71-66(69)61-59-57-55-53-51-49-47-45-43-22-20-18-16-14-12-10-8-6-4-2/h5-8,11-14,17-20,23-24,26-27,29-30,32-33,35-36,38-39,41-43,45-46,48-49,51-52,54,65,68H,3-4,9-10,15-16,21-22,25,28,31,34,37,40,44,47,50,53,55-64H2,1-2H3/b7-5-,8-6-,13-11-,14-12-,19-17-,20-18-,24-23-,27-26-,30-29-,33-32-,36-35-,39-38-,42-41-,45-43-,48-46-,51-49-,54-52-. The van der Waals surface area contributed by atoms with Crippen molar-refractivity contribution in [2.45, 2.75) is 187 Å².